The predicted octanol–water partition coefficient (Wildman–Crippen LogP) is 6.15. The molecule has 0 spiro atoms. The normalized spacial score (nSPS) is 6.40. The van der Waals surface area contributed by atoms with Crippen molar-refractivity contribution in [2.75, 3.05) is 0 Å². The van der Waals surface area contributed by atoms with E-state index in [1.54, 1.807) is 18.5 Å². The summed E-state index contributed by atoms with van der Waals surface area (Å²) in [6.45, 7) is 22.4. The van der Waals surface area contributed by atoms with Gasteiger partial charge in [0.1, 0.15) is 12.7 Å². The molecule has 2 rings (SSSR count). The molecule has 2 heterocycles. The predicted molar refractivity (Wildman–Crippen MR) is 130 cm³/mol. The molecule has 0 saturated carbocycles. The molecule has 0 fully saturated rings. The summed E-state index contributed by atoms with van der Waals surface area (Å²) >= 11 is 4.24. The molecule has 144 valence electrons. The maximum atomic E-state index is 5.26. The zero-order chi connectivity index (χ0) is 20.9. The van der Waals surface area contributed by atoms with E-state index in [0.29, 0.717) is 6.54 Å². The summed E-state index contributed by atoms with van der Waals surface area (Å²) in [4.78, 5) is 15.2. The molecule has 0 aliphatic rings. The highest BCUT2D eigenvalue weighted by molar-refractivity contribution is 15.0. The van der Waals surface area contributed by atoms with Gasteiger partial charge < -0.3 is 5.73 Å². The summed E-state index contributed by atoms with van der Waals surface area (Å²) in [5.41, 5.74) is 7.14. The number of hydrogen-bond acceptors (Lipinski definition) is 5. The van der Waals surface area contributed by atoms with Gasteiger partial charge in [-0.05, 0) is 19.1 Å². The highest BCUT2D eigenvalue weighted by Gasteiger charge is 1.82. The Hall–Kier alpha value is -0.940. The van der Waals surface area contributed by atoms with E-state index in [-0.39, 0.29) is 0 Å². The number of rotatable bonds is 1. The van der Waals surface area contributed by atoms with Crippen molar-refractivity contribution in [2.45, 2.75) is 41.2 Å². The van der Waals surface area contributed by atoms with Crippen molar-refractivity contribution in [1.82, 2.24) is 19.9 Å². The summed E-state index contributed by atoms with van der Waals surface area (Å²) in [6.07, 6.45) is 6.43. The van der Waals surface area contributed by atoms with Crippen LogP contribution >= 0.6 is 37.2 Å². The second kappa shape index (κ2) is 43.5. The summed E-state index contributed by atoms with van der Waals surface area (Å²) < 4.78 is 0. The second-order valence-electron chi connectivity index (χ2n) is 2.76. The molecule has 0 radical (unpaired) electrons. The number of nitrogens with two attached hydrogens (primary N) is 1. The van der Waals surface area contributed by atoms with Gasteiger partial charge in [-0.2, -0.15) is 0 Å². The molecule has 0 saturated heterocycles. The molecule has 7 heteroatoms. The Morgan fingerprint density at radius 3 is 1.40 bits per heavy atom. The standard InChI is InChI=1S/C5H7N3.C5H6N2.2C2H6.2C2H4.I2/c6-3-5-1-2-7-4-8-5;1-5-2-3-6-4-7-5;5*1-2/h1-2,4H,3,6H2;2-4H,1H3;2*1-2H3;2*1-2H2;. The van der Waals surface area contributed by atoms with Crippen molar-refractivity contribution >= 4 is 37.2 Å². The maximum absolute atomic E-state index is 5.26. The molecule has 2 N–H and O–H groups in total. The van der Waals surface area contributed by atoms with E-state index in [1.165, 1.54) is 12.7 Å². The van der Waals surface area contributed by atoms with Crippen LogP contribution in [0.2, 0.25) is 0 Å². The first-order valence-electron chi connectivity index (χ1n) is 7.65. The largest absolute Gasteiger partial charge is 0.325 e. The molecule has 0 aliphatic heterocycles. The molecule has 0 aliphatic carbocycles. The van der Waals surface area contributed by atoms with E-state index >= 15 is 0 Å². The Morgan fingerprint density at radius 1 is 0.840 bits per heavy atom. The fourth-order valence-electron chi connectivity index (χ4n) is 0.796. The molecule has 2 aromatic heterocycles. The van der Waals surface area contributed by atoms with Crippen LogP contribution in [0.3, 0.4) is 0 Å². The third-order valence-corrected chi connectivity index (χ3v) is 1.58. The van der Waals surface area contributed by atoms with Gasteiger partial charge >= 0.3 is 0 Å². The van der Waals surface area contributed by atoms with Gasteiger partial charge in [0.25, 0.3) is 0 Å². The van der Waals surface area contributed by atoms with E-state index < -0.39 is 0 Å². The lowest BCUT2D eigenvalue weighted by Gasteiger charge is -1.88. The summed E-state index contributed by atoms with van der Waals surface area (Å²) in [7, 11) is 0. The van der Waals surface area contributed by atoms with Gasteiger partial charge in [-0.25, -0.2) is 19.9 Å². The minimum atomic E-state index is 0.489. The number of aryl methyl sites for hydroxylation is 1. The SMILES string of the molecule is C=C.C=C.CC.CC.Cc1ccncn1.II.NCc1ccncn1. The van der Waals surface area contributed by atoms with E-state index in [2.05, 4.69) is 83.5 Å². The Balaban J connectivity index is -0.0000000718. The Kier molecular flexibility index (Phi) is 61.3. The second-order valence-corrected chi connectivity index (χ2v) is 2.76. The van der Waals surface area contributed by atoms with Crippen molar-refractivity contribution in [3.05, 3.63) is 74.9 Å². The van der Waals surface area contributed by atoms with Crippen LogP contribution in [0.4, 0.5) is 0 Å². The fourth-order valence-corrected chi connectivity index (χ4v) is 0.796. The highest BCUT2D eigenvalue weighted by atomic mass is 128. The quantitative estimate of drug-likeness (QED) is 0.327. The molecule has 5 nitrogen and oxygen atoms in total. The highest BCUT2D eigenvalue weighted by Crippen LogP contribution is 1.89. The van der Waals surface area contributed by atoms with E-state index in [0.717, 1.165) is 11.4 Å². The molecular formula is C18H33I2N5. The van der Waals surface area contributed by atoms with E-state index in [4.69, 9.17) is 5.73 Å². The minimum Gasteiger partial charge on any atom is -0.325 e. The molecule has 2 aromatic rings. The van der Waals surface area contributed by atoms with Gasteiger partial charge in [0.15, 0.2) is 0 Å². The van der Waals surface area contributed by atoms with Crippen molar-refractivity contribution < 1.29 is 0 Å². The molecule has 0 bridgehead atoms. The zero-order valence-electron chi connectivity index (χ0n) is 16.1. The molecule has 25 heavy (non-hydrogen) atoms. The Morgan fingerprint density at radius 2 is 1.24 bits per heavy atom. The van der Waals surface area contributed by atoms with Crippen molar-refractivity contribution in [3.8, 4) is 0 Å². The van der Waals surface area contributed by atoms with Crippen LogP contribution in [0.5, 0.6) is 0 Å². The average molecular weight is 573 g/mol. The first-order valence-corrected chi connectivity index (χ1v) is 13.9. The molecule has 0 atom stereocenters. The smallest absolute Gasteiger partial charge is 0.115 e. The van der Waals surface area contributed by atoms with Crippen LogP contribution in [-0.4, -0.2) is 19.9 Å². The number of aromatic nitrogens is 4. The van der Waals surface area contributed by atoms with Crippen molar-refractivity contribution in [1.29, 1.82) is 0 Å². The number of halogens is 2. The van der Waals surface area contributed by atoms with Gasteiger partial charge in [-0.15, -0.1) is 26.3 Å². The fraction of sp³-hybridized carbons (Fsp3) is 0.333. The zero-order valence-corrected chi connectivity index (χ0v) is 20.4. The molecule has 0 aromatic carbocycles. The number of hydrogen-bond donors (Lipinski definition) is 1. The van der Waals surface area contributed by atoms with Gasteiger partial charge in [-0.3, -0.25) is 0 Å². The molecule has 0 amide bonds. The van der Waals surface area contributed by atoms with Crippen molar-refractivity contribution in [3.63, 3.8) is 0 Å². The van der Waals surface area contributed by atoms with Gasteiger partial charge in [-0.1, -0.05) is 27.7 Å². The third kappa shape index (κ3) is 35.1. The Bertz CT molecular complexity index is 401. The van der Waals surface area contributed by atoms with Gasteiger partial charge in [0, 0.05) is 61.9 Å². The number of nitrogens with zero attached hydrogens (tertiary/aromatic N) is 4. The summed E-state index contributed by atoms with van der Waals surface area (Å²) in [5, 5.41) is 0. The monoisotopic (exact) mass is 573 g/mol. The Labute approximate surface area is 178 Å². The maximum Gasteiger partial charge on any atom is 0.115 e. The third-order valence-electron chi connectivity index (χ3n) is 1.58. The van der Waals surface area contributed by atoms with Gasteiger partial charge in [0.2, 0.25) is 0 Å². The lowest BCUT2D eigenvalue weighted by atomic mass is 10.4. The van der Waals surface area contributed by atoms with Gasteiger partial charge in [0.05, 0.1) is 5.69 Å². The summed E-state index contributed by atoms with van der Waals surface area (Å²) in [6, 6.07) is 3.65. The van der Waals surface area contributed by atoms with Crippen LogP contribution in [0.1, 0.15) is 39.1 Å². The molecular weight excluding hydrogens is 540 g/mol. The van der Waals surface area contributed by atoms with Crippen molar-refractivity contribution in [2.24, 2.45) is 5.73 Å². The van der Waals surface area contributed by atoms with E-state index in [9.17, 15) is 0 Å². The first kappa shape index (κ1) is 35.2. The van der Waals surface area contributed by atoms with Crippen LogP contribution in [0, 0.1) is 6.92 Å². The first-order chi connectivity index (χ1) is 12.3. The van der Waals surface area contributed by atoms with E-state index in [1.807, 2.05) is 40.7 Å². The average Bonchev–Trinajstić information content (AvgIpc) is 2.77. The van der Waals surface area contributed by atoms with Crippen LogP contribution < -0.4 is 5.73 Å². The van der Waals surface area contributed by atoms with Crippen LogP contribution in [-0.2, 0) is 6.54 Å². The summed E-state index contributed by atoms with van der Waals surface area (Å²) in [5.74, 6) is 0. The minimum absolute atomic E-state index is 0.489. The van der Waals surface area contributed by atoms with Crippen LogP contribution in [0.15, 0.2) is 63.5 Å². The topological polar surface area (TPSA) is 77.6 Å². The lowest BCUT2D eigenvalue weighted by Crippen LogP contribution is -1.98. The molecule has 0 unspecified atom stereocenters. The lowest BCUT2D eigenvalue weighted by molar-refractivity contribution is 0.964. The van der Waals surface area contributed by atoms with Crippen LogP contribution in [0.25, 0.3) is 0 Å².